The smallest absolute Gasteiger partial charge is 0.408 e. The summed E-state index contributed by atoms with van der Waals surface area (Å²) in [6.45, 7) is 0. The molecule has 86 valence electrons. The van der Waals surface area contributed by atoms with Crippen molar-refractivity contribution in [3.8, 4) is 0 Å². The van der Waals surface area contributed by atoms with Crippen LogP contribution < -0.4 is 11.5 Å². The Morgan fingerprint density at radius 1 is 1.44 bits per heavy atom. The summed E-state index contributed by atoms with van der Waals surface area (Å²) in [4.78, 5) is 13.2. The lowest BCUT2D eigenvalue weighted by atomic mass is 10.1. The van der Waals surface area contributed by atoms with Gasteiger partial charge in [-0.25, -0.2) is 4.79 Å². The van der Waals surface area contributed by atoms with Crippen molar-refractivity contribution in [3.05, 3.63) is 34.3 Å². The van der Waals surface area contributed by atoms with Crippen molar-refractivity contribution in [1.82, 2.24) is 9.47 Å². The monoisotopic (exact) mass is 221 g/mol. The average Bonchev–Trinajstić information content (AvgIpc) is 2.53. The van der Waals surface area contributed by atoms with Gasteiger partial charge in [0.25, 0.3) is 0 Å². The van der Waals surface area contributed by atoms with E-state index in [9.17, 15) is 4.79 Å². The number of hydrogen-bond acceptors (Lipinski definition) is 4. The molecule has 2 rings (SSSR count). The van der Waals surface area contributed by atoms with Gasteiger partial charge in [-0.05, 0) is 31.8 Å². The van der Waals surface area contributed by atoms with Crippen molar-refractivity contribution < 1.29 is 4.42 Å². The summed E-state index contributed by atoms with van der Waals surface area (Å²) in [6, 6.07) is 5.52. The predicted octanol–water partition coefficient (Wildman–Crippen LogP) is 0.650. The van der Waals surface area contributed by atoms with E-state index in [1.54, 1.807) is 13.1 Å². The first-order valence-corrected chi connectivity index (χ1v) is 5.02. The summed E-state index contributed by atoms with van der Waals surface area (Å²) < 4.78 is 6.52. The van der Waals surface area contributed by atoms with Crippen LogP contribution in [0.4, 0.5) is 0 Å². The molecule has 0 spiro atoms. The van der Waals surface area contributed by atoms with Gasteiger partial charge in [-0.15, -0.1) is 0 Å². The Hall–Kier alpha value is -1.59. The molecule has 2 N–H and O–H groups in total. The van der Waals surface area contributed by atoms with E-state index in [2.05, 4.69) is 0 Å². The lowest BCUT2D eigenvalue weighted by Gasteiger charge is -2.19. The van der Waals surface area contributed by atoms with Gasteiger partial charge in [0.05, 0.1) is 11.7 Å². The molecule has 0 aliphatic heterocycles. The molecule has 0 aliphatic rings. The SMILES string of the molecule is CN(C)C(N)c1ccc2oc(=O)n(C)c2c1. The minimum absolute atomic E-state index is 0.186. The minimum atomic E-state index is -0.356. The van der Waals surface area contributed by atoms with Gasteiger partial charge in [0.1, 0.15) is 0 Å². The molecule has 0 fully saturated rings. The number of aromatic nitrogens is 1. The molecule has 1 aromatic carbocycles. The first kappa shape index (κ1) is 10.9. The number of benzene rings is 1. The second kappa shape index (κ2) is 3.77. The molecule has 0 aliphatic carbocycles. The second-order valence-electron chi connectivity index (χ2n) is 4.06. The summed E-state index contributed by atoms with van der Waals surface area (Å²) in [5, 5.41) is 0. The normalized spacial score (nSPS) is 13.6. The zero-order chi connectivity index (χ0) is 11.9. The molecule has 0 amide bonds. The van der Waals surface area contributed by atoms with Crippen molar-refractivity contribution in [2.45, 2.75) is 6.17 Å². The lowest BCUT2D eigenvalue weighted by molar-refractivity contribution is 0.307. The molecule has 0 saturated heterocycles. The van der Waals surface area contributed by atoms with Crippen LogP contribution in [-0.4, -0.2) is 23.6 Å². The Balaban J connectivity index is 2.59. The van der Waals surface area contributed by atoms with E-state index >= 15 is 0 Å². The van der Waals surface area contributed by atoms with E-state index in [1.165, 1.54) is 4.57 Å². The van der Waals surface area contributed by atoms with Crippen LogP contribution in [0.3, 0.4) is 0 Å². The van der Waals surface area contributed by atoms with Crippen LogP contribution in [0.2, 0.25) is 0 Å². The molecule has 0 bridgehead atoms. The molecule has 1 aromatic heterocycles. The lowest BCUT2D eigenvalue weighted by Crippen LogP contribution is -2.27. The van der Waals surface area contributed by atoms with Gasteiger partial charge in [0, 0.05) is 7.05 Å². The number of rotatable bonds is 2. The summed E-state index contributed by atoms with van der Waals surface area (Å²) >= 11 is 0. The van der Waals surface area contributed by atoms with Crippen molar-refractivity contribution in [2.24, 2.45) is 12.8 Å². The first-order valence-electron chi connectivity index (χ1n) is 5.02. The predicted molar refractivity (Wildman–Crippen MR) is 62.1 cm³/mol. The van der Waals surface area contributed by atoms with Crippen LogP contribution >= 0.6 is 0 Å². The highest BCUT2D eigenvalue weighted by atomic mass is 16.4. The fourth-order valence-corrected chi connectivity index (χ4v) is 1.63. The summed E-state index contributed by atoms with van der Waals surface area (Å²) in [6.07, 6.45) is -0.186. The fourth-order valence-electron chi connectivity index (χ4n) is 1.63. The van der Waals surface area contributed by atoms with E-state index < -0.39 is 0 Å². The fraction of sp³-hybridized carbons (Fsp3) is 0.364. The number of nitrogens with zero attached hydrogens (tertiary/aromatic N) is 2. The third kappa shape index (κ3) is 1.64. The van der Waals surface area contributed by atoms with Crippen molar-refractivity contribution in [2.75, 3.05) is 14.1 Å². The average molecular weight is 221 g/mol. The molecule has 5 nitrogen and oxygen atoms in total. The Morgan fingerprint density at radius 2 is 2.12 bits per heavy atom. The van der Waals surface area contributed by atoms with E-state index in [0.29, 0.717) is 5.58 Å². The third-order valence-corrected chi connectivity index (χ3v) is 2.71. The summed E-state index contributed by atoms with van der Waals surface area (Å²) in [5.74, 6) is -0.356. The minimum Gasteiger partial charge on any atom is -0.408 e. The van der Waals surface area contributed by atoms with Crippen LogP contribution in [0, 0.1) is 0 Å². The zero-order valence-electron chi connectivity index (χ0n) is 9.60. The summed E-state index contributed by atoms with van der Waals surface area (Å²) in [7, 11) is 5.49. The standard InChI is InChI=1S/C11H15N3O2/c1-13(2)10(12)7-4-5-9-8(6-7)14(3)11(15)16-9/h4-6,10H,12H2,1-3H3. The van der Waals surface area contributed by atoms with Gasteiger partial charge in [0.2, 0.25) is 0 Å². The van der Waals surface area contributed by atoms with E-state index in [-0.39, 0.29) is 11.9 Å². The van der Waals surface area contributed by atoms with Crippen LogP contribution in [0.1, 0.15) is 11.7 Å². The maximum atomic E-state index is 11.3. The second-order valence-corrected chi connectivity index (χ2v) is 4.06. The number of fused-ring (bicyclic) bond motifs is 1. The number of oxazole rings is 1. The Bertz CT molecular complexity index is 568. The molecular formula is C11H15N3O2. The highest BCUT2D eigenvalue weighted by Gasteiger charge is 2.11. The molecular weight excluding hydrogens is 206 g/mol. The van der Waals surface area contributed by atoms with Gasteiger partial charge >= 0.3 is 5.76 Å². The molecule has 16 heavy (non-hydrogen) atoms. The Labute approximate surface area is 93.1 Å². The maximum Gasteiger partial charge on any atom is 0.419 e. The van der Waals surface area contributed by atoms with Crippen molar-refractivity contribution in [3.63, 3.8) is 0 Å². The molecule has 1 unspecified atom stereocenters. The first-order chi connectivity index (χ1) is 7.50. The summed E-state index contributed by atoms with van der Waals surface area (Å²) in [5.41, 5.74) is 8.30. The van der Waals surface area contributed by atoms with Crippen LogP contribution in [-0.2, 0) is 7.05 Å². The molecule has 1 atom stereocenters. The van der Waals surface area contributed by atoms with E-state index in [1.807, 2.05) is 31.1 Å². The van der Waals surface area contributed by atoms with Crippen molar-refractivity contribution >= 4 is 11.1 Å². The number of hydrogen-bond donors (Lipinski definition) is 1. The maximum absolute atomic E-state index is 11.3. The van der Waals surface area contributed by atoms with Gasteiger partial charge < -0.3 is 10.2 Å². The Kier molecular flexibility index (Phi) is 2.57. The van der Waals surface area contributed by atoms with Crippen LogP contribution in [0.15, 0.2) is 27.4 Å². The molecule has 2 aromatic rings. The largest absolute Gasteiger partial charge is 0.419 e. The topological polar surface area (TPSA) is 64.4 Å². The van der Waals surface area contributed by atoms with E-state index in [0.717, 1.165) is 11.1 Å². The van der Waals surface area contributed by atoms with Gasteiger partial charge in [-0.3, -0.25) is 9.47 Å². The highest BCUT2D eigenvalue weighted by molar-refractivity contribution is 5.73. The Morgan fingerprint density at radius 3 is 2.75 bits per heavy atom. The van der Waals surface area contributed by atoms with E-state index in [4.69, 9.17) is 10.2 Å². The quantitative estimate of drug-likeness (QED) is 0.756. The van der Waals surface area contributed by atoms with Crippen molar-refractivity contribution in [1.29, 1.82) is 0 Å². The molecule has 5 heteroatoms. The third-order valence-electron chi connectivity index (χ3n) is 2.71. The van der Waals surface area contributed by atoms with Crippen LogP contribution in [0.5, 0.6) is 0 Å². The number of aryl methyl sites for hydroxylation is 1. The van der Waals surface area contributed by atoms with Gasteiger partial charge in [-0.1, -0.05) is 6.07 Å². The van der Waals surface area contributed by atoms with Gasteiger partial charge in [-0.2, -0.15) is 0 Å². The highest BCUT2D eigenvalue weighted by Crippen LogP contribution is 2.19. The zero-order valence-corrected chi connectivity index (χ0v) is 9.60. The number of nitrogens with two attached hydrogens (primary N) is 1. The molecule has 1 heterocycles. The molecule has 0 saturated carbocycles. The molecule has 0 radical (unpaired) electrons. The van der Waals surface area contributed by atoms with Gasteiger partial charge in [0.15, 0.2) is 5.58 Å². The van der Waals surface area contributed by atoms with Crippen LogP contribution in [0.25, 0.3) is 11.1 Å².